The van der Waals surface area contributed by atoms with Crippen molar-refractivity contribution in [2.45, 2.75) is 18.9 Å². The molecule has 1 aliphatic rings. The zero-order chi connectivity index (χ0) is 11.7. The molecule has 17 heavy (non-hydrogen) atoms. The van der Waals surface area contributed by atoms with Crippen molar-refractivity contribution >= 4 is 10.9 Å². The average Bonchev–Trinajstić information content (AvgIpc) is 3.01. The van der Waals surface area contributed by atoms with Gasteiger partial charge in [-0.25, -0.2) is 0 Å². The molecule has 1 N–H and O–H groups in total. The lowest BCUT2D eigenvalue weighted by molar-refractivity contribution is 0.296. The highest BCUT2D eigenvalue weighted by atomic mass is 15.2. The largest absolute Gasteiger partial charge is 0.361 e. The third-order valence-corrected chi connectivity index (χ3v) is 3.54. The number of nitrogens with zero attached hydrogens (tertiary/aromatic N) is 2. The summed E-state index contributed by atoms with van der Waals surface area (Å²) in [6.07, 6.45) is 4.40. The number of rotatable bonds is 2. The van der Waals surface area contributed by atoms with E-state index in [0.29, 0.717) is 0 Å². The molecule has 0 unspecified atom stereocenters. The summed E-state index contributed by atoms with van der Waals surface area (Å²) < 4.78 is 0. The minimum absolute atomic E-state index is 0.103. The summed E-state index contributed by atoms with van der Waals surface area (Å²) >= 11 is 0. The first kappa shape index (κ1) is 10.4. The van der Waals surface area contributed by atoms with Crippen LogP contribution in [0.4, 0.5) is 0 Å². The predicted molar refractivity (Wildman–Crippen MR) is 67.5 cm³/mol. The van der Waals surface area contributed by atoms with Gasteiger partial charge in [0.1, 0.15) is 6.04 Å². The molecule has 0 saturated carbocycles. The number of likely N-dealkylation sites (tertiary alicyclic amines) is 1. The Morgan fingerprint density at radius 3 is 2.76 bits per heavy atom. The minimum Gasteiger partial charge on any atom is -0.361 e. The summed E-state index contributed by atoms with van der Waals surface area (Å²) in [6.45, 7) is 2.08. The van der Waals surface area contributed by atoms with E-state index in [0.717, 1.165) is 24.2 Å². The van der Waals surface area contributed by atoms with Crippen LogP contribution < -0.4 is 0 Å². The summed E-state index contributed by atoms with van der Waals surface area (Å²) in [5.41, 5.74) is 2.23. The number of nitrogens with one attached hydrogen (secondary N) is 1. The van der Waals surface area contributed by atoms with Crippen LogP contribution in [-0.4, -0.2) is 23.0 Å². The van der Waals surface area contributed by atoms with Crippen molar-refractivity contribution in [2.24, 2.45) is 0 Å². The van der Waals surface area contributed by atoms with Gasteiger partial charge in [-0.15, -0.1) is 0 Å². The topological polar surface area (TPSA) is 42.8 Å². The molecule has 86 valence electrons. The van der Waals surface area contributed by atoms with E-state index in [2.05, 4.69) is 28.1 Å². The highest BCUT2D eigenvalue weighted by Crippen LogP contribution is 2.29. The van der Waals surface area contributed by atoms with Crippen molar-refractivity contribution in [3.8, 4) is 6.07 Å². The molecule has 0 amide bonds. The molecule has 3 heteroatoms. The van der Waals surface area contributed by atoms with Crippen molar-refractivity contribution in [3.63, 3.8) is 0 Å². The fourth-order valence-corrected chi connectivity index (χ4v) is 2.67. The maximum absolute atomic E-state index is 9.41. The minimum atomic E-state index is -0.103. The van der Waals surface area contributed by atoms with E-state index in [1.54, 1.807) is 0 Å². The van der Waals surface area contributed by atoms with E-state index in [-0.39, 0.29) is 6.04 Å². The number of hydrogen-bond donors (Lipinski definition) is 1. The van der Waals surface area contributed by atoms with Crippen molar-refractivity contribution in [3.05, 3.63) is 36.0 Å². The molecule has 1 aliphatic heterocycles. The Hall–Kier alpha value is -1.79. The quantitative estimate of drug-likeness (QED) is 0.854. The molecule has 0 aliphatic carbocycles. The van der Waals surface area contributed by atoms with Crippen LogP contribution in [0.5, 0.6) is 0 Å². The fraction of sp³-hybridized carbons (Fsp3) is 0.357. The first-order chi connectivity index (χ1) is 8.40. The molecule has 2 heterocycles. The highest BCUT2D eigenvalue weighted by Gasteiger charge is 2.25. The van der Waals surface area contributed by atoms with Crippen LogP contribution >= 0.6 is 0 Å². The third kappa shape index (κ3) is 1.71. The Morgan fingerprint density at radius 2 is 2.00 bits per heavy atom. The molecule has 1 fully saturated rings. The summed E-state index contributed by atoms with van der Waals surface area (Å²) in [4.78, 5) is 5.52. The third-order valence-electron chi connectivity index (χ3n) is 3.54. The van der Waals surface area contributed by atoms with Gasteiger partial charge in [-0.2, -0.15) is 5.26 Å². The van der Waals surface area contributed by atoms with Gasteiger partial charge in [0.15, 0.2) is 0 Å². The molecule has 3 nitrogen and oxygen atoms in total. The van der Waals surface area contributed by atoms with Gasteiger partial charge in [-0.3, -0.25) is 4.90 Å². The Bertz CT molecular complexity index is 558. The Labute approximate surface area is 101 Å². The second-order valence-corrected chi connectivity index (χ2v) is 4.56. The zero-order valence-electron chi connectivity index (χ0n) is 9.69. The molecule has 1 atom stereocenters. The number of H-pyrrole nitrogens is 1. The van der Waals surface area contributed by atoms with Crippen LogP contribution in [0.25, 0.3) is 10.9 Å². The fourth-order valence-electron chi connectivity index (χ4n) is 2.67. The SMILES string of the molecule is N#C[C@@H](c1c[nH]c2ccccc12)N1CCCC1. The van der Waals surface area contributed by atoms with E-state index < -0.39 is 0 Å². The maximum Gasteiger partial charge on any atom is 0.125 e. The molecule has 1 aromatic heterocycles. The molecule has 1 aromatic carbocycles. The lowest BCUT2D eigenvalue weighted by atomic mass is 10.1. The van der Waals surface area contributed by atoms with Crippen molar-refractivity contribution in [2.75, 3.05) is 13.1 Å². The van der Waals surface area contributed by atoms with Gasteiger partial charge in [-0.05, 0) is 32.0 Å². The van der Waals surface area contributed by atoms with Gasteiger partial charge < -0.3 is 4.98 Å². The Balaban J connectivity index is 2.04. The first-order valence-corrected chi connectivity index (χ1v) is 6.10. The lowest BCUT2D eigenvalue weighted by Gasteiger charge is -2.20. The molecular formula is C14H15N3. The zero-order valence-corrected chi connectivity index (χ0v) is 9.69. The summed E-state index contributed by atoms with van der Waals surface area (Å²) in [5, 5.41) is 10.6. The van der Waals surface area contributed by atoms with Crippen molar-refractivity contribution < 1.29 is 0 Å². The van der Waals surface area contributed by atoms with E-state index in [1.807, 2.05) is 18.3 Å². The number of nitriles is 1. The van der Waals surface area contributed by atoms with Gasteiger partial charge in [0.2, 0.25) is 0 Å². The van der Waals surface area contributed by atoms with E-state index >= 15 is 0 Å². The number of para-hydroxylation sites is 1. The van der Waals surface area contributed by atoms with Crippen molar-refractivity contribution in [1.82, 2.24) is 9.88 Å². The van der Waals surface area contributed by atoms with Crippen LogP contribution in [0.1, 0.15) is 24.4 Å². The van der Waals surface area contributed by atoms with Crippen LogP contribution in [-0.2, 0) is 0 Å². The Kier molecular flexibility index (Phi) is 2.58. The lowest BCUT2D eigenvalue weighted by Crippen LogP contribution is -2.24. The van der Waals surface area contributed by atoms with Gasteiger partial charge in [0.05, 0.1) is 6.07 Å². The normalized spacial score (nSPS) is 18.3. The second-order valence-electron chi connectivity index (χ2n) is 4.56. The molecule has 3 rings (SSSR count). The molecular weight excluding hydrogens is 210 g/mol. The number of benzene rings is 1. The number of fused-ring (bicyclic) bond motifs is 1. The highest BCUT2D eigenvalue weighted by molar-refractivity contribution is 5.83. The molecule has 1 saturated heterocycles. The predicted octanol–water partition coefficient (Wildman–Crippen LogP) is 2.83. The van der Waals surface area contributed by atoms with E-state index in [1.165, 1.54) is 18.2 Å². The molecule has 0 spiro atoms. The summed E-state index contributed by atoms with van der Waals surface area (Å²) in [5.74, 6) is 0. The monoisotopic (exact) mass is 225 g/mol. The van der Waals surface area contributed by atoms with Crippen molar-refractivity contribution in [1.29, 1.82) is 5.26 Å². The number of hydrogen-bond acceptors (Lipinski definition) is 2. The first-order valence-electron chi connectivity index (χ1n) is 6.10. The van der Waals surface area contributed by atoms with E-state index in [9.17, 15) is 5.26 Å². The average molecular weight is 225 g/mol. The van der Waals surface area contributed by atoms with Crippen LogP contribution in [0.15, 0.2) is 30.5 Å². The van der Waals surface area contributed by atoms with Gasteiger partial charge in [0.25, 0.3) is 0 Å². The second kappa shape index (κ2) is 4.23. The van der Waals surface area contributed by atoms with Gasteiger partial charge >= 0.3 is 0 Å². The smallest absolute Gasteiger partial charge is 0.125 e. The van der Waals surface area contributed by atoms with Gasteiger partial charge in [-0.1, -0.05) is 18.2 Å². The van der Waals surface area contributed by atoms with Crippen LogP contribution in [0, 0.1) is 11.3 Å². The number of aromatic nitrogens is 1. The standard InChI is InChI=1S/C14H15N3/c15-9-14(17-7-3-4-8-17)12-10-16-13-6-2-1-5-11(12)13/h1-2,5-6,10,14,16H,3-4,7-8H2/t14-/m0/s1. The molecule has 2 aromatic rings. The maximum atomic E-state index is 9.41. The van der Waals surface area contributed by atoms with E-state index in [4.69, 9.17) is 0 Å². The Morgan fingerprint density at radius 1 is 1.24 bits per heavy atom. The van der Waals surface area contributed by atoms with Crippen LogP contribution in [0.3, 0.4) is 0 Å². The summed E-state index contributed by atoms with van der Waals surface area (Å²) in [7, 11) is 0. The summed E-state index contributed by atoms with van der Waals surface area (Å²) in [6, 6.07) is 10.5. The van der Waals surface area contributed by atoms with Crippen LogP contribution in [0.2, 0.25) is 0 Å². The number of aromatic amines is 1. The van der Waals surface area contributed by atoms with Gasteiger partial charge in [0, 0.05) is 22.7 Å². The molecule has 0 radical (unpaired) electrons. The molecule has 0 bridgehead atoms.